The number of nitrogens with one attached hydrogen (secondary N) is 1. The highest BCUT2D eigenvalue weighted by Crippen LogP contribution is 2.32. The summed E-state index contributed by atoms with van der Waals surface area (Å²) in [5.74, 6) is -0.838. The lowest BCUT2D eigenvalue weighted by Gasteiger charge is -2.11. The Morgan fingerprint density at radius 3 is 2.41 bits per heavy atom. The fourth-order valence-corrected chi connectivity index (χ4v) is 4.41. The molecule has 0 radical (unpaired) electrons. The fourth-order valence-electron chi connectivity index (χ4n) is 2.79. The Hall–Kier alpha value is -2.18. The van der Waals surface area contributed by atoms with Gasteiger partial charge in [0.05, 0.1) is 12.1 Å². The fraction of sp³-hybridized carbons (Fsp3) is 0.143. The van der Waals surface area contributed by atoms with Crippen molar-refractivity contribution in [2.45, 2.75) is 13.3 Å². The summed E-state index contributed by atoms with van der Waals surface area (Å²) in [6.45, 7) is 1.62. The summed E-state index contributed by atoms with van der Waals surface area (Å²) in [4.78, 5) is 24.3. The summed E-state index contributed by atoms with van der Waals surface area (Å²) < 4.78 is 6.66. The van der Waals surface area contributed by atoms with Crippen LogP contribution in [0.1, 0.15) is 11.1 Å². The summed E-state index contributed by atoms with van der Waals surface area (Å²) in [6.07, 6.45) is 0.118. The van der Waals surface area contributed by atoms with E-state index in [9.17, 15) is 9.59 Å². The number of carbonyl (C=O) groups excluding carboxylic acids is 2. The number of ether oxygens (including phenoxy) is 1. The van der Waals surface area contributed by atoms with Crippen molar-refractivity contribution >= 4 is 60.2 Å². The smallest absolute Gasteiger partial charge is 0.310 e. The van der Waals surface area contributed by atoms with Crippen LogP contribution in [0.5, 0.6) is 0 Å². The van der Waals surface area contributed by atoms with Gasteiger partial charge in [-0.2, -0.15) is 0 Å². The molecule has 1 amide bonds. The first kappa shape index (κ1) is 19.6. The number of amides is 1. The van der Waals surface area contributed by atoms with Gasteiger partial charge in [-0.1, -0.05) is 42.5 Å². The Balaban J connectivity index is 1.60. The first-order chi connectivity index (χ1) is 12.9. The molecule has 0 atom stereocenters. The molecule has 0 saturated carbocycles. The van der Waals surface area contributed by atoms with Crippen LogP contribution in [0.2, 0.25) is 0 Å². The van der Waals surface area contributed by atoms with E-state index in [2.05, 4.69) is 37.2 Å². The van der Waals surface area contributed by atoms with E-state index < -0.39 is 11.9 Å². The van der Waals surface area contributed by atoms with Gasteiger partial charge in [0.15, 0.2) is 6.61 Å². The molecule has 6 heteroatoms. The lowest BCUT2D eigenvalue weighted by atomic mass is 10.0. The molecule has 0 heterocycles. The van der Waals surface area contributed by atoms with Gasteiger partial charge in [-0.05, 0) is 72.8 Å². The molecule has 3 aromatic carbocycles. The van der Waals surface area contributed by atoms with Crippen molar-refractivity contribution in [3.05, 3.63) is 74.7 Å². The molecule has 0 aliphatic rings. The second-order valence-electron chi connectivity index (χ2n) is 6.13. The minimum absolute atomic E-state index is 0.118. The van der Waals surface area contributed by atoms with Crippen molar-refractivity contribution in [3.63, 3.8) is 0 Å². The summed E-state index contributed by atoms with van der Waals surface area (Å²) in [7, 11) is 0. The molecule has 27 heavy (non-hydrogen) atoms. The van der Waals surface area contributed by atoms with Crippen LogP contribution in [-0.2, 0) is 20.7 Å². The van der Waals surface area contributed by atoms with E-state index >= 15 is 0 Å². The Morgan fingerprint density at radius 1 is 1.00 bits per heavy atom. The zero-order valence-electron chi connectivity index (χ0n) is 14.6. The lowest BCUT2D eigenvalue weighted by molar-refractivity contribution is -0.146. The van der Waals surface area contributed by atoms with Crippen molar-refractivity contribution in [3.8, 4) is 0 Å². The first-order valence-corrected chi connectivity index (χ1v) is 9.90. The highest BCUT2D eigenvalue weighted by atomic mass is 79.9. The van der Waals surface area contributed by atoms with Crippen LogP contribution in [0.3, 0.4) is 0 Å². The molecule has 0 aliphatic carbocycles. The van der Waals surface area contributed by atoms with E-state index in [0.717, 1.165) is 30.8 Å². The number of hydrogen-bond acceptors (Lipinski definition) is 3. The van der Waals surface area contributed by atoms with Crippen LogP contribution in [0.4, 0.5) is 5.69 Å². The van der Waals surface area contributed by atoms with E-state index in [1.165, 1.54) is 0 Å². The van der Waals surface area contributed by atoms with Gasteiger partial charge >= 0.3 is 5.97 Å². The molecular weight excluding hydrogens is 474 g/mol. The Kier molecular flexibility index (Phi) is 6.29. The maximum atomic E-state index is 12.2. The molecule has 0 fully saturated rings. The van der Waals surface area contributed by atoms with Crippen LogP contribution in [0.15, 0.2) is 63.5 Å². The number of fused-ring (bicyclic) bond motifs is 1. The second kappa shape index (κ2) is 8.67. The van der Waals surface area contributed by atoms with E-state index in [1.54, 1.807) is 0 Å². The minimum Gasteiger partial charge on any atom is -0.455 e. The SMILES string of the molecule is Cc1cc(Br)c(NC(=O)COC(=O)Cc2cccc3ccccc23)c(Br)c1. The summed E-state index contributed by atoms with van der Waals surface area (Å²) >= 11 is 6.84. The summed E-state index contributed by atoms with van der Waals surface area (Å²) in [5, 5.41) is 4.82. The van der Waals surface area contributed by atoms with E-state index in [1.807, 2.05) is 61.5 Å². The molecule has 0 spiro atoms. The van der Waals surface area contributed by atoms with Gasteiger partial charge in [-0.15, -0.1) is 0 Å². The molecule has 0 aromatic heterocycles. The third-order valence-corrected chi connectivity index (χ3v) is 5.28. The van der Waals surface area contributed by atoms with Gasteiger partial charge in [-0.25, -0.2) is 0 Å². The zero-order valence-corrected chi connectivity index (χ0v) is 17.8. The van der Waals surface area contributed by atoms with Gasteiger partial charge in [0.2, 0.25) is 0 Å². The average molecular weight is 491 g/mol. The van der Waals surface area contributed by atoms with Crippen molar-refractivity contribution in [1.29, 1.82) is 0 Å². The largest absolute Gasteiger partial charge is 0.455 e. The number of anilines is 1. The molecule has 4 nitrogen and oxygen atoms in total. The molecule has 0 unspecified atom stereocenters. The first-order valence-electron chi connectivity index (χ1n) is 8.32. The monoisotopic (exact) mass is 489 g/mol. The minimum atomic E-state index is -0.441. The highest BCUT2D eigenvalue weighted by molar-refractivity contribution is 9.11. The second-order valence-corrected chi connectivity index (χ2v) is 7.84. The van der Waals surface area contributed by atoms with Crippen LogP contribution in [-0.4, -0.2) is 18.5 Å². The van der Waals surface area contributed by atoms with E-state index in [0.29, 0.717) is 5.69 Å². The lowest BCUT2D eigenvalue weighted by Crippen LogP contribution is -2.22. The van der Waals surface area contributed by atoms with E-state index in [4.69, 9.17) is 4.74 Å². The average Bonchev–Trinajstić information content (AvgIpc) is 2.63. The van der Waals surface area contributed by atoms with Crippen molar-refractivity contribution in [2.75, 3.05) is 11.9 Å². The Morgan fingerprint density at radius 2 is 1.67 bits per heavy atom. The standard InChI is InChI=1S/C21H17Br2NO3/c1-13-9-17(22)21(18(23)10-13)24-19(25)12-27-20(26)11-15-7-4-6-14-5-2-3-8-16(14)15/h2-10H,11-12H2,1H3,(H,24,25). The molecule has 138 valence electrons. The number of esters is 1. The highest BCUT2D eigenvalue weighted by Gasteiger charge is 2.13. The molecule has 0 aliphatic heterocycles. The topological polar surface area (TPSA) is 55.4 Å². The molecular formula is C21H17Br2NO3. The number of hydrogen-bond donors (Lipinski definition) is 1. The normalized spacial score (nSPS) is 10.6. The molecule has 0 bridgehead atoms. The van der Waals surface area contributed by atoms with Gasteiger partial charge < -0.3 is 10.1 Å². The van der Waals surface area contributed by atoms with Crippen LogP contribution < -0.4 is 5.32 Å². The third kappa shape index (κ3) is 4.96. The quantitative estimate of drug-likeness (QED) is 0.487. The molecule has 1 N–H and O–H groups in total. The van der Waals surface area contributed by atoms with Crippen molar-refractivity contribution < 1.29 is 14.3 Å². The van der Waals surface area contributed by atoms with Crippen LogP contribution in [0, 0.1) is 6.92 Å². The molecule has 3 aromatic rings. The van der Waals surface area contributed by atoms with Gasteiger partial charge in [-0.3, -0.25) is 9.59 Å². The van der Waals surface area contributed by atoms with E-state index in [-0.39, 0.29) is 13.0 Å². The van der Waals surface area contributed by atoms with Crippen molar-refractivity contribution in [2.24, 2.45) is 0 Å². The maximum absolute atomic E-state index is 12.2. The zero-order chi connectivity index (χ0) is 19.4. The third-order valence-electron chi connectivity index (χ3n) is 4.03. The van der Waals surface area contributed by atoms with Crippen molar-refractivity contribution in [1.82, 2.24) is 0 Å². The summed E-state index contributed by atoms with van der Waals surface area (Å²) in [6, 6.07) is 17.4. The van der Waals surface area contributed by atoms with Crippen LogP contribution in [0.25, 0.3) is 10.8 Å². The van der Waals surface area contributed by atoms with Gasteiger partial charge in [0.25, 0.3) is 5.91 Å². The predicted octanol–water partition coefficient (Wildman–Crippen LogP) is 5.40. The summed E-state index contributed by atoms with van der Waals surface area (Å²) in [5.41, 5.74) is 2.53. The van der Waals surface area contributed by atoms with Gasteiger partial charge in [0.1, 0.15) is 0 Å². The Bertz CT molecular complexity index is 989. The number of carbonyl (C=O) groups is 2. The number of aryl methyl sites for hydroxylation is 1. The molecule has 0 saturated heterocycles. The Labute approximate surface area is 174 Å². The number of benzene rings is 3. The number of halogens is 2. The van der Waals surface area contributed by atoms with Gasteiger partial charge in [0, 0.05) is 8.95 Å². The number of rotatable bonds is 5. The maximum Gasteiger partial charge on any atom is 0.310 e. The molecule has 3 rings (SSSR count). The van der Waals surface area contributed by atoms with Crippen LogP contribution >= 0.6 is 31.9 Å². The predicted molar refractivity (Wildman–Crippen MR) is 114 cm³/mol.